The normalized spacial score (nSPS) is 17.1. The Hall–Kier alpha value is -3.71. The molecule has 180 valence electrons. The molecule has 1 amide bonds. The number of hydrogen-bond donors (Lipinski definition) is 0. The van der Waals surface area contributed by atoms with E-state index in [4.69, 9.17) is 18.9 Å². The molecule has 0 radical (unpaired) electrons. The van der Waals surface area contributed by atoms with Gasteiger partial charge in [0.25, 0.3) is 5.91 Å². The number of fused-ring (bicyclic) bond motifs is 2. The lowest BCUT2D eigenvalue weighted by atomic mass is 10.0. The number of amides is 1. The molecule has 3 aliphatic rings. The summed E-state index contributed by atoms with van der Waals surface area (Å²) in [6.45, 7) is 5.21. The Labute approximate surface area is 204 Å². The molecule has 0 N–H and O–H groups in total. The van der Waals surface area contributed by atoms with Crippen LogP contribution in [0, 0.1) is 0 Å². The number of benzene rings is 3. The van der Waals surface area contributed by atoms with Gasteiger partial charge in [-0.05, 0) is 85.6 Å². The molecule has 6 rings (SSSR count). The second-order valence-electron chi connectivity index (χ2n) is 8.97. The van der Waals surface area contributed by atoms with Crippen molar-refractivity contribution in [2.75, 3.05) is 51.1 Å². The van der Waals surface area contributed by atoms with E-state index in [9.17, 15) is 4.79 Å². The molecule has 7 nitrogen and oxygen atoms in total. The standard InChI is InChI=1S/C28H28N2O5/c31-28-24-9-3-20(21-4-10-25-27(18-21)34-16-15-33-25)17-26(24)35-19-30(28)22-5-7-23(8-6-22)32-14-13-29-11-1-2-12-29/h3-10,17-18H,1-2,11-16,19H2. The maximum absolute atomic E-state index is 13.2. The molecule has 7 heteroatoms. The Morgan fingerprint density at radius 2 is 1.49 bits per heavy atom. The van der Waals surface area contributed by atoms with Gasteiger partial charge in [-0.3, -0.25) is 14.6 Å². The monoisotopic (exact) mass is 472 g/mol. The van der Waals surface area contributed by atoms with Gasteiger partial charge in [-0.1, -0.05) is 12.1 Å². The summed E-state index contributed by atoms with van der Waals surface area (Å²) in [5.74, 6) is 2.80. The molecule has 3 aliphatic heterocycles. The highest BCUT2D eigenvalue weighted by atomic mass is 16.6. The summed E-state index contributed by atoms with van der Waals surface area (Å²) in [6, 6.07) is 19.2. The minimum atomic E-state index is -0.0809. The van der Waals surface area contributed by atoms with Crippen LogP contribution < -0.4 is 23.8 Å². The topological polar surface area (TPSA) is 60.5 Å². The van der Waals surface area contributed by atoms with Gasteiger partial charge in [0, 0.05) is 12.2 Å². The van der Waals surface area contributed by atoms with Crippen molar-refractivity contribution in [3.63, 3.8) is 0 Å². The fourth-order valence-electron chi connectivity index (χ4n) is 4.77. The van der Waals surface area contributed by atoms with Crippen LogP contribution in [0.4, 0.5) is 5.69 Å². The van der Waals surface area contributed by atoms with Crippen molar-refractivity contribution in [3.05, 3.63) is 66.2 Å². The first-order valence-corrected chi connectivity index (χ1v) is 12.2. The Bertz CT molecular complexity index is 1220. The van der Waals surface area contributed by atoms with Crippen LogP contribution in [0.2, 0.25) is 0 Å². The predicted molar refractivity (Wildman–Crippen MR) is 133 cm³/mol. The van der Waals surface area contributed by atoms with Gasteiger partial charge in [0.15, 0.2) is 18.2 Å². The average molecular weight is 473 g/mol. The van der Waals surface area contributed by atoms with E-state index < -0.39 is 0 Å². The maximum atomic E-state index is 13.2. The fourth-order valence-corrected chi connectivity index (χ4v) is 4.77. The highest BCUT2D eigenvalue weighted by Crippen LogP contribution is 2.37. The summed E-state index contributed by atoms with van der Waals surface area (Å²) >= 11 is 0. The predicted octanol–water partition coefficient (Wildman–Crippen LogP) is 4.60. The van der Waals surface area contributed by atoms with Gasteiger partial charge in [0.2, 0.25) is 0 Å². The van der Waals surface area contributed by atoms with Crippen LogP contribution in [0.15, 0.2) is 60.7 Å². The van der Waals surface area contributed by atoms with Gasteiger partial charge < -0.3 is 18.9 Å². The third-order valence-corrected chi connectivity index (χ3v) is 6.71. The molecule has 1 saturated heterocycles. The van der Waals surface area contributed by atoms with E-state index in [1.165, 1.54) is 25.9 Å². The molecule has 3 aromatic carbocycles. The van der Waals surface area contributed by atoms with E-state index in [1.54, 1.807) is 4.90 Å². The van der Waals surface area contributed by atoms with Crippen LogP contribution >= 0.6 is 0 Å². The van der Waals surface area contributed by atoms with Gasteiger partial charge in [0.05, 0.1) is 5.56 Å². The van der Waals surface area contributed by atoms with Crippen molar-refractivity contribution in [1.29, 1.82) is 0 Å². The molecule has 0 saturated carbocycles. The van der Waals surface area contributed by atoms with E-state index >= 15 is 0 Å². The van der Waals surface area contributed by atoms with E-state index in [-0.39, 0.29) is 12.6 Å². The summed E-state index contributed by atoms with van der Waals surface area (Å²) in [5, 5.41) is 0. The Morgan fingerprint density at radius 3 is 2.29 bits per heavy atom. The van der Waals surface area contributed by atoms with E-state index in [2.05, 4.69) is 4.90 Å². The van der Waals surface area contributed by atoms with E-state index in [0.29, 0.717) is 31.1 Å². The summed E-state index contributed by atoms with van der Waals surface area (Å²) in [5.41, 5.74) is 3.26. The van der Waals surface area contributed by atoms with Crippen molar-refractivity contribution in [3.8, 4) is 34.1 Å². The lowest BCUT2D eigenvalue weighted by Crippen LogP contribution is -2.38. The number of nitrogens with zero attached hydrogens (tertiary/aromatic N) is 2. The first kappa shape index (κ1) is 21.8. The molecule has 35 heavy (non-hydrogen) atoms. The third-order valence-electron chi connectivity index (χ3n) is 6.71. The minimum absolute atomic E-state index is 0.0809. The van der Waals surface area contributed by atoms with Gasteiger partial charge in [-0.25, -0.2) is 0 Å². The molecular weight excluding hydrogens is 444 g/mol. The number of hydrogen-bond acceptors (Lipinski definition) is 6. The second-order valence-corrected chi connectivity index (χ2v) is 8.97. The summed E-state index contributed by atoms with van der Waals surface area (Å²) in [6.07, 6.45) is 2.56. The first-order chi connectivity index (χ1) is 17.2. The van der Waals surface area contributed by atoms with Crippen LogP contribution in [-0.4, -0.2) is 57.0 Å². The van der Waals surface area contributed by atoms with Gasteiger partial charge in [-0.15, -0.1) is 0 Å². The largest absolute Gasteiger partial charge is 0.492 e. The zero-order valence-corrected chi connectivity index (χ0v) is 19.6. The summed E-state index contributed by atoms with van der Waals surface area (Å²) in [7, 11) is 0. The van der Waals surface area contributed by atoms with Crippen molar-refractivity contribution < 1.29 is 23.7 Å². The van der Waals surface area contributed by atoms with Crippen LogP contribution in [0.5, 0.6) is 23.0 Å². The molecule has 3 aromatic rings. The molecule has 3 heterocycles. The van der Waals surface area contributed by atoms with Crippen molar-refractivity contribution >= 4 is 11.6 Å². The Balaban J connectivity index is 1.13. The molecule has 0 aliphatic carbocycles. The van der Waals surface area contributed by atoms with Crippen molar-refractivity contribution in [2.24, 2.45) is 0 Å². The first-order valence-electron chi connectivity index (χ1n) is 12.2. The highest BCUT2D eigenvalue weighted by molar-refractivity contribution is 6.09. The quantitative estimate of drug-likeness (QED) is 0.523. The van der Waals surface area contributed by atoms with Crippen LogP contribution in [-0.2, 0) is 0 Å². The lowest BCUT2D eigenvalue weighted by Gasteiger charge is -2.29. The molecule has 0 bridgehead atoms. The SMILES string of the molecule is O=C1c2ccc(-c3ccc4c(c3)OCCO4)cc2OCN1c1ccc(OCCN2CCCC2)cc1. The number of carbonyl (C=O) groups excluding carboxylic acids is 1. The van der Waals surface area contributed by atoms with Crippen LogP contribution in [0.1, 0.15) is 23.2 Å². The zero-order valence-electron chi connectivity index (χ0n) is 19.6. The number of carbonyl (C=O) groups is 1. The summed E-state index contributed by atoms with van der Waals surface area (Å²) < 4.78 is 23.2. The summed E-state index contributed by atoms with van der Waals surface area (Å²) in [4.78, 5) is 17.3. The molecule has 0 atom stereocenters. The average Bonchev–Trinajstić information content (AvgIpc) is 3.43. The van der Waals surface area contributed by atoms with Gasteiger partial charge in [-0.2, -0.15) is 0 Å². The molecule has 0 aromatic heterocycles. The molecule has 0 unspecified atom stereocenters. The van der Waals surface area contributed by atoms with E-state index in [0.717, 1.165) is 40.6 Å². The number of rotatable bonds is 6. The smallest absolute Gasteiger partial charge is 0.264 e. The van der Waals surface area contributed by atoms with Crippen LogP contribution in [0.3, 0.4) is 0 Å². The maximum Gasteiger partial charge on any atom is 0.264 e. The van der Waals surface area contributed by atoms with Crippen molar-refractivity contribution in [1.82, 2.24) is 4.90 Å². The van der Waals surface area contributed by atoms with Crippen LogP contribution in [0.25, 0.3) is 11.1 Å². The third kappa shape index (κ3) is 4.51. The second kappa shape index (κ2) is 9.50. The fraction of sp³-hybridized carbons (Fsp3) is 0.321. The number of likely N-dealkylation sites (tertiary alicyclic amines) is 1. The molecule has 0 spiro atoms. The minimum Gasteiger partial charge on any atom is -0.492 e. The van der Waals surface area contributed by atoms with Crippen molar-refractivity contribution in [2.45, 2.75) is 12.8 Å². The van der Waals surface area contributed by atoms with E-state index in [1.807, 2.05) is 60.7 Å². The number of anilines is 1. The molecular formula is C28H28N2O5. The Kier molecular flexibility index (Phi) is 5.92. The zero-order chi connectivity index (χ0) is 23.6. The lowest BCUT2D eigenvalue weighted by molar-refractivity contribution is 0.0937. The number of ether oxygens (including phenoxy) is 4. The van der Waals surface area contributed by atoms with Gasteiger partial charge >= 0.3 is 0 Å². The Morgan fingerprint density at radius 1 is 0.771 bits per heavy atom. The molecule has 1 fully saturated rings. The highest BCUT2D eigenvalue weighted by Gasteiger charge is 2.27. The van der Waals surface area contributed by atoms with Gasteiger partial charge in [0.1, 0.15) is 31.3 Å².